The minimum atomic E-state index is -0.325. The van der Waals surface area contributed by atoms with E-state index in [4.69, 9.17) is 10.5 Å². The van der Waals surface area contributed by atoms with E-state index in [1.165, 1.54) is 6.08 Å². The third-order valence-electron chi connectivity index (χ3n) is 2.56. The van der Waals surface area contributed by atoms with Crippen LogP contribution in [0.15, 0.2) is 30.3 Å². The van der Waals surface area contributed by atoms with Gasteiger partial charge in [-0.05, 0) is 36.6 Å². The summed E-state index contributed by atoms with van der Waals surface area (Å²) in [5, 5.41) is 0. The van der Waals surface area contributed by atoms with Crippen molar-refractivity contribution in [2.75, 3.05) is 5.73 Å². The average Bonchev–Trinajstić information content (AvgIpc) is 2.26. The van der Waals surface area contributed by atoms with Gasteiger partial charge in [0.25, 0.3) is 0 Å². The highest BCUT2D eigenvalue weighted by Crippen LogP contribution is 2.09. The number of nitrogen functional groups attached to an aromatic ring is 1. The molecule has 1 aromatic rings. The highest BCUT2D eigenvalue weighted by molar-refractivity contribution is 5.87. The maximum atomic E-state index is 11.5. The van der Waals surface area contributed by atoms with Crippen LogP contribution in [0, 0.1) is 5.92 Å². The Balaban J connectivity index is 2.57. The molecule has 0 heterocycles. The number of hydrogen-bond acceptors (Lipinski definition) is 3. The van der Waals surface area contributed by atoms with Crippen molar-refractivity contribution in [1.82, 2.24) is 0 Å². The molecule has 0 saturated heterocycles. The zero-order valence-electron chi connectivity index (χ0n) is 10.5. The summed E-state index contributed by atoms with van der Waals surface area (Å²) in [5.41, 5.74) is 7.20. The fourth-order valence-electron chi connectivity index (χ4n) is 1.19. The van der Waals surface area contributed by atoms with E-state index >= 15 is 0 Å². The summed E-state index contributed by atoms with van der Waals surface area (Å²) in [7, 11) is 0. The Morgan fingerprint density at radius 2 is 2.06 bits per heavy atom. The first-order chi connectivity index (χ1) is 7.99. The first-order valence-electron chi connectivity index (χ1n) is 5.73. The maximum Gasteiger partial charge on any atom is 0.331 e. The molecule has 0 amide bonds. The van der Waals surface area contributed by atoms with Gasteiger partial charge in [0.15, 0.2) is 0 Å². The molecule has 0 fully saturated rings. The first kappa shape index (κ1) is 13.3. The molecule has 3 heteroatoms. The van der Waals surface area contributed by atoms with E-state index in [2.05, 4.69) is 0 Å². The molecule has 0 spiro atoms. The van der Waals surface area contributed by atoms with Crippen molar-refractivity contribution in [3.8, 4) is 0 Å². The number of anilines is 1. The Bertz CT molecular complexity index is 410. The van der Waals surface area contributed by atoms with E-state index < -0.39 is 0 Å². The topological polar surface area (TPSA) is 52.3 Å². The molecule has 17 heavy (non-hydrogen) atoms. The van der Waals surface area contributed by atoms with E-state index in [9.17, 15) is 4.79 Å². The molecule has 0 saturated carbocycles. The van der Waals surface area contributed by atoms with Crippen LogP contribution < -0.4 is 5.73 Å². The lowest BCUT2D eigenvalue weighted by Crippen LogP contribution is -2.18. The fourth-order valence-corrected chi connectivity index (χ4v) is 1.19. The van der Waals surface area contributed by atoms with Crippen LogP contribution in [0.2, 0.25) is 0 Å². The van der Waals surface area contributed by atoms with Crippen molar-refractivity contribution in [2.24, 2.45) is 5.92 Å². The molecule has 0 aliphatic carbocycles. The number of nitrogens with two attached hydrogens (primary N) is 1. The highest BCUT2D eigenvalue weighted by Gasteiger charge is 2.10. The molecule has 92 valence electrons. The standard InChI is InChI=1S/C14H19NO2/c1-10(2)11(3)17-14(16)8-7-12-5-4-6-13(15)9-12/h4-11H,15H2,1-3H3/b8-7+. The zero-order chi connectivity index (χ0) is 12.8. The number of benzene rings is 1. The van der Waals surface area contributed by atoms with Gasteiger partial charge in [0.05, 0.1) is 0 Å². The quantitative estimate of drug-likeness (QED) is 0.494. The van der Waals surface area contributed by atoms with Crippen LogP contribution in [0.3, 0.4) is 0 Å². The fraction of sp³-hybridized carbons (Fsp3) is 0.357. The Morgan fingerprint density at radius 1 is 1.35 bits per heavy atom. The summed E-state index contributed by atoms with van der Waals surface area (Å²) in [6.07, 6.45) is 3.05. The second kappa shape index (κ2) is 6.09. The molecular formula is C14H19NO2. The molecule has 3 nitrogen and oxygen atoms in total. The summed E-state index contributed by atoms with van der Waals surface area (Å²) in [6.45, 7) is 5.91. The minimum absolute atomic E-state index is 0.0759. The molecule has 0 aromatic heterocycles. The second-order valence-electron chi connectivity index (χ2n) is 4.39. The van der Waals surface area contributed by atoms with Gasteiger partial charge in [-0.1, -0.05) is 26.0 Å². The summed E-state index contributed by atoms with van der Waals surface area (Å²) in [5.74, 6) is -0.00616. The third-order valence-corrected chi connectivity index (χ3v) is 2.56. The van der Waals surface area contributed by atoms with Gasteiger partial charge in [0, 0.05) is 11.8 Å². The lowest BCUT2D eigenvalue weighted by molar-refractivity contribution is -0.143. The Morgan fingerprint density at radius 3 is 2.65 bits per heavy atom. The van der Waals surface area contributed by atoms with E-state index in [-0.39, 0.29) is 12.1 Å². The van der Waals surface area contributed by atoms with Crippen LogP contribution in [-0.2, 0) is 9.53 Å². The van der Waals surface area contributed by atoms with Gasteiger partial charge in [-0.25, -0.2) is 4.79 Å². The van der Waals surface area contributed by atoms with E-state index in [0.717, 1.165) is 5.56 Å². The summed E-state index contributed by atoms with van der Waals surface area (Å²) in [4.78, 5) is 11.5. The van der Waals surface area contributed by atoms with Crippen molar-refractivity contribution in [2.45, 2.75) is 26.9 Å². The van der Waals surface area contributed by atoms with Crippen molar-refractivity contribution >= 4 is 17.7 Å². The number of carbonyl (C=O) groups excluding carboxylic acids is 1. The predicted octanol–water partition coefficient (Wildman–Crippen LogP) is 2.87. The molecule has 1 unspecified atom stereocenters. The zero-order valence-corrected chi connectivity index (χ0v) is 10.5. The third kappa shape index (κ3) is 4.72. The van der Waals surface area contributed by atoms with Gasteiger partial charge in [-0.15, -0.1) is 0 Å². The maximum absolute atomic E-state index is 11.5. The van der Waals surface area contributed by atoms with E-state index in [1.54, 1.807) is 18.2 Å². The molecule has 2 N–H and O–H groups in total. The molecule has 0 bridgehead atoms. The lowest BCUT2D eigenvalue weighted by atomic mass is 10.1. The van der Waals surface area contributed by atoms with Gasteiger partial charge in [0.2, 0.25) is 0 Å². The normalized spacial score (nSPS) is 12.9. The minimum Gasteiger partial charge on any atom is -0.459 e. The van der Waals surface area contributed by atoms with Crippen molar-refractivity contribution in [3.05, 3.63) is 35.9 Å². The summed E-state index contributed by atoms with van der Waals surface area (Å²) in [6, 6.07) is 7.33. The SMILES string of the molecule is CC(C)C(C)OC(=O)/C=C/c1cccc(N)c1. The smallest absolute Gasteiger partial charge is 0.331 e. The Kier molecular flexibility index (Phi) is 4.76. The number of esters is 1. The molecule has 1 atom stereocenters. The van der Waals surface area contributed by atoms with Crippen LogP contribution in [0.1, 0.15) is 26.3 Å². The van der Waals surface area contributed by atoms with Crippen LogP contribution in [0.4, 0.5) is 5.69 Å². The van der Waals surface area contributed by atoms with E-state index in [0.29, 0.717) is 11.6 Å². The monoisotopic (exact) mass is 233 g/mol. The summed E-state index contributed by atoms with van der Waals surface area (Å²) < 4.78 is 5.21. The molecule has 1 aromatic carbocycles. The number of hydrogen-bond donors (Lipinski definition) is 1. The van der Waals surface area contributed by atoms with Gasteiger partial charge >= 0.3 is 5.97 Å². The van der Waals surface area contributed by atoms with Gasteiger partial charge in [-0.3, -0.25) is 0 Å². The number of rotatable bonds is 4. The predicted molar refractivity (Wildman–Crippen MR) is 70.3 cm³/mol. The van der Waals surface area contributed by atoms with Crippen LogP contribution >= 0.6 is 0 Å². The van der Waals surface area contributed by atoms with Crippen LogP contribution in [-0.4, -0.2) is 12.1 Å². The number of carbonyl (C=O) groups is 1. The molecule has 0 radical (unpaired) electrons. The van der Waals surface area contributed by atoms with Crippen LogP contribution in [0.25, 0.3) is 6.08 Å². The molecular weight excluding hydrogens is 214 g/mol. The molecule has 0 aliphatic heterocycles. The van der Waals surface area contributed by atoms with E-state index in [1.807, 2.05) is 32.9 Å². The molecule has 0 aliphatic rings. The van der Waals surface area contributed by atoms with Gasteiger partial charge in [0.1, 0.15) is 6.10 Å². The summed E-state index contributed by atoms with van der Waals surface area (Å²) >= 11 is 0. The highest BCUT2D eigenvalue weighted by atomic mass is 16.5. The van der Waals surface area contributed by atoms with Crippen molar-refractivity contribution in [1.29, 1.82) is 0 Å². The Hall–Kier alpha value is -1.77. The van der Waals surface area contributed by atoms with Gasteiger partial charge < -0.3 is 10.5 Å². The number of ether oxygens (including phenoxy) is 1. The molecule has 1 rings (SSSR count). The van der Waals surface area contributed by atoms with Crippen molar-refractivity contribution < 1.29 is 9.53 Å². The van der Waals surface area contributed by atoms with Crippen LogP contribution in [0.5, 0.6) is 0 Å². The largest absolute Gasteiger partial charge is 0.459 e. The lowest BCUT2D eigenvalue weighted by Gasteiger charge is -2.14. The first-order valence-corrected chi connectivity index (χ1v) is 5.73. The second-order valence-corrected chi connectivity index (χ2v) is 4.39. The average molecular weight is 233 g/mol. The van der Waals surface area contributed by atoms with Gasteiger partial charge in [-0.2, -0.15) is 0 Å². The Labute approximate surface area is 102 Å². The van der Waals surface area contributed by atoms with Crippen molar-refractivity contribution in [3.63, 3.8) is 0 Å².